The number of nitrogens with zero attached hydrogens (tertiary/aromatic N) is 2. The van der Waals surface area contributed by atoms with Crippen LogP contribution in [0.1, 0.15) is 18.7 Å². The maximum atomic E-state index is 12.2. The van der Waals surface area contributed by atoms with Crippen molar-refractivity contribution in [3.8, 4) is 11.3 Å². The van der Waals surface area contributed by atoms with Gasteiger partial charge in [-0.15, -0.1) is 0 Å². The molecule has 1 aliphatic heterocycles. The highest BCUT2D eigenvalue weighted by atomic mass is 35.5. The Hall–Kier alpha value is -2.79. The highest BCUT2D eigenvalue weighted by Gasteiger charge is 2.23. The Balaban J connectivity index is 1.20. The topological polar surface area (TPSA) is 58.4 Å². The summed E-state index contributed by atoms with van der Waals surface area (Å²) in [7, 11) is 0. The molecule has 29 heavy (non-hydrogen) atoms. The number of oxazole rings is 1. The number of amides is 1. The second kappa shape index (κ2) is 9.14. The van der Waals surface area contributed by atoms with Crippen LogP contribution in [0, 0.1) is 5.92 Å². The Morgan fingerprint density at radius 1 is 1.17 bits per heavy atom. The minimum absolute atomic E-state index is 0.0365. The van der Waals surface area contributed by atoms with E-state index >= 15 is 0 Å². The average Bonchev–Trinajstić information content (AvgIpc) is 3.42. The predicted octanol–water partition coefficient (Wildman–Crippen LogP) is 4.57. The number of aromatic nitrogens is 1. The molecule has 1 aromatic heterocycles. The Morgan fingerprint density at radius 2 is 1.97 bits per heavy atom. The molecule has 5 nitrogen and oxygen atoms in total. The summed E-state index contributed by atoms with van der Waals surface area (Å²) in [5.74, 6) is 1.78. The SMILES string of the molecule is O=C(CCc1ncc(-c2ccc(Cl)cc2)o1)NCC1CCN(c2ccccc2)C1. The van der Waals surface area contributed by atoms with E-state index in [1.165, 1.54) is 5.69 Å². The number of nitrogens with one attached hydrogen (secondary N) is 1. The number of aryl methyl sites for hydroxylation is 1. The second-order valence-corrected chi connectivity index (χ2v) is 7.80. The summed E-state index contributed by atoms with van der Waals surface area (Å²) >= 11 is 5.91. The van der Waals surface area contributed by atoms with Gasteiger partial charge in [0.25, 0.3) is 0 Å². The van der Waals surface area contributed by atoms with Gasteiger partial charge in [0.15, 0.2) is 11.7 Å². The van der Waals surface area contributed by atoms with Crippen molar-refractivity contribution in [3.63, 3.8) is 0 Å². The third-order valence-corrected chi connectivity index (χ3v) is 5.50. The van der Waals surface area contributed by atoms with Gasteiger partial charge in [-0.2, -0.15) is 0 Å². The van der Waals surface area contributed by atoms with Crippen LogP contribution in [0.4, 0.5) is 5.69 Å². The van der Waals surface area contributed by atoms with Crippen LogP contribution in [0.2, 0.25) is 5.02 Å². The lowest BCUT2D eigenvalue weighted by Crippen LogP contribution is -2.31. The minimum Gasteiger partial charge on any atom is -0.441 e. The molecule has 1 unspecified atom stereocenters. The molecular formula is C23H24ClN3O2. The fraction of sp³-hybridized carbons (Fsp3) is 0.304. The summed E-state index contributed by atoms with van der Waals surface area (Å²) < 4.78 is 5.76. The molecule has 1 aliphatic rings. The van der Waals surface area contributed by atoms with Crippen molar-refractivity contribution in [3.05, 3.63) is 71.7 Å². The van der Waals surface area contributed by atoms with E-state index in [1.807, 2.05) is 30.3 Å². The first-order valence-electron chi connectivity index (χ1n) is 9.95. The molecule has 0 spiro atoms. The largest absolute Gasteiger partial charge is 0.441 e. The van der Waals surface area contributed by atoms with E-state index in [-0.39, 0.29) is 5.91 Å². The van der Waals surface area contributed by atoms with Gasteiger partial charge in [-0.3, -0.25) is 4.79 Å². The number of benzene rings is 2. The van der Waals surface area contributed by atoms with Crippen LogP contribution >= 0.6 is 11.6 Å². The highest BCUT2D eigenvalue weighted by molar-refractivity contribution is 6.30. The number of para-hydroxylation sites is 1. The summed E-state index contributed by atoms with van der Waals surface area (Å²) in [6.45, 7) is 2.73. The lowest BCUT2D eigenvalue weighted by molar-refractivity contribution is -0.121. The van der Waals surface area contributed by atoms with Gasteiger partial charge in [-0.05, 0) is 48.7 Å². The van der Waals surface area contributed by atoms with E-state index in [0.717, 1.165) is 25.1 Å². The zero-order valence-corrected chi connectivity index (χ0v) is 16.9. The Bertz CT molecular complexity index is 940. The monoisotopic (exact) mass is 409 g/mol. The number of carbonyl (C=O) groups is 1. The van der Waals surface area contributed by atoms with Crippen molar-refractivity contribution in [2.45, 2.75) is 19.3 Å². The number of anilines is 1. The molecule has 1 amide bonds. The van der Waals surface area contributed by atoms with Crippen LogP contribution in [0.3, 0.4) is 0 Å². The molecule has 1 atom stereocenters. The lowest BCUT2D eigenvalue weighted by Gasteiger charge is -2.18. The molecule has 6 heteroatoms. The number of halogens is 1. The number of rotatable bonds is 7. The summed E-state index contributed by atoms with van der Waals surface area (Å²) in [5.41, 5.74) is 2.17. The maximum Gasteiger partial charge on any atom is 0.220 e. The lowest BCUT2D eigenvalue weighted by atomic mass is 10.1. The van der Waals surface area contributed by atoms with Crippen LogP contribution < -0.4 is 10.2 Å². The van der Waals surface area contributed by atoms with Gasteiger partial charge < -0.3 is 14.6 Å². The molecule has 4 rings (SSSR count). The van der Waals surface area contributed by atoms with Crippen molar-refractivity contribution < 1.29 is 9.21 Å². The van der Waals surface area contributed by atoms with Gasteiger partial charge >= 0.3 is 0 Å². The van der Waals surface area contributed by atoms with Gasteiger partial charge in [0.05, 0.1) is 6.20 Å². The maximum absolute atomic E-state index is 12.2. The minimum atomic E-state index is 0.0365. The first-order valence-corrected chi connectivity index (χ1v) is 10.3. The van der Waals surface area contributed by atoms with E-state index < -0.39 is 0 Å². The van der Waals surface area contributed by atoms with E-state index in [1.54, 1.807) is 6.20 Å². The second-order valence-electron chi connectivity index (χ2n) is 7.37. The average molecular weight is 410 g/mol. The summed E-state index contributed by atoms with van der Waals surface area (Å²) in [6, 6.07) is 17.8. The Morgan fingerprint density at radius 3 is 2.76 bits per heavy atom. The molecule has 0 bridgehead atoms. The van der Waals surface area contributed by atoms with Crippen LogP contribution in [-0.2, 0) is 11.2 Å². The van der Waals surface area contributed by atoms with Crippen LogP contribution in [0.15, 0.2) is 65.2 Å². The molecule has 0 radical (unpaired) electrons. The zero-order chi connectivity index (χ0) is 20.1. The highest BCUT2D eigenvalue weighted by Crippen LogP contribution is 2.24. The summed E-state index contributed by atoms with van der Waals surface area (Å²) in [6.07, 6.45) is 3.64. The molecule has 0 saturated carbocycles. The summed E-state index contributed by atoms with van der Waals surface area (Å²) in [4.78, 5) is 18.9. The van der Waals surface area contributed by atoms with Crippen LogP contribution in [0.5, 0.6) is 0 Å². The normalized spacial score (nSPS) is 16.2. The number of hydrogen-bond acceptors (Lipinski definition) is 4. The van der Waals surface area contributed by atoms with Crippen molar-refractivity contribution >= 4 is 23.2 Å². The van der Waals surface area contributed by atoms with Crippen LogP contribution in [-0.4, -0.2) is 30.5 Å². The molecule has 0 aliphatic carbocycles. The van der Waals surface area contributed by atoms with Gasteiger partial charge in [0.1, 0.15) is 0 Å². The fourth-order valence-electron chi connectivity index (χ4n) is 3.61. The third-order valence-electron chi connectivity index (χ3n) is 5.24. The number of carbonyl (C=O) groups excluding carboxylic acids is 1. The molecule has 3 aromatic rings. The standard InChI is InChI=1S/C23H24ClN3O2/c24-19-8-6-18(7-9-19)21-15-26-23(29-21)11-10-22(28)25-14-17-12-13-27(16-17)20-4-2-1-3-5-20/h1-9,15,17H,10-14,16H2,(H,25,28). The van der Waals surface area contributed by atoms with E-state index in [2.05, 4.69) is 39.5 Å². The van der Waals surface area contributed by atoms with Gasteiger partial charge in [-0.25, -0.2) is 4.98 Å². The van der Waals surface area contributed by atoms with Crippen molar-refractivity contribution in [2.75, 3.05) is 24.5 Å². The van der Waals surface area contributed by atoms with Crippen molar-refractivity contribution in [1.29, 1.82) is 0 Å². The Labute approximate surface area is 175 Å². The number of hydrogen-bond donors (Lipinski definition) is 1. The molecule has 1 fully saturated rings. The van der Waals surface area contributed by atoms with Crippen LogP contribution in [0.25, 0.3) is 11.3 Å². The quantitative estimate of drug-likeness (QED) is 0.621. The predicted molar refractivity (Wildman–Crippen MR) is 115 cm³/mol. The Kier molecular flexibility index (Phi) is 6.15. The van der Waals surface area contributed by atoms with Gasteiger partial charge in [0.2, 0.25) is 5.91 Å². The summed E-state index contributed by atoms with van der Waals surface area (Å²) in [5, 5.41) is 3.74. The molecule has 2 aromatic carbocycles. The van der Waals surface area contributed by atoms with Crippen molar-refractivity contribution in [1.82, 2.24) is 10.3 Å². The smallest absolute Gasteiger partial charge is 0.220 e. The van der Waals surface area contributed by atoms with E-state index in [9.17, 15) is 4.79 Å². The van der Waals surface area contributed by atoms with Gasteiger partial charge in [-0.1, -0.05) is 29.8 Å². The third kappa shape index (κ3) is 5.18. The molecule has 1 N–H and O–H groups in total. The molecule has 150 valence electrons. The molecule has 1 saturated heterocycles. The zero-order valence-electron chi connectivity index (χ0n) is 16.2. The van der Waals surface area contributed by atoms with E-state index in [0.29, 0.717) is 42.0 Å². The van der Waals surface area contributed by atoms with Gasteiger partial charge in [0, 0.05) is 48.7 Å². The first-order chi connectivity index (χ1) is 14.2. The van der Waals surface area contributed by atoms with E-state index in [4.69, 9.17) is 16.0 Å². The van der Waals surface area contributed by atoms with Crippen molar-refractivity contribution in [2.24, 2.45) is 5.92 Å². The molecule has 2 heterocycles. The molecular weight excluding hydrogens is 386 g/mol. The first kappa shape index (κ1) is 19.5. The fourth-order valence-corrected chi connectivity index (χ4v) is 3.74.